The van der Waals surface area contributed by atoms with Crippen molar-refractivity contribution >= 4 is 33.2 Å². The van der Waals surface area contributed by atoms with E-state index in [1.165, 1.54) is 23.0 Å². The number of benzene rings is 1. The van der Waals surface area contributed by atoms with Gasteiger partial charge in [0, 0.05) is 5.33 Å². The van der Waals surface area contributed by atoms with Crippen molar-refractivity contribution in [1.29, 1.82) is 0 Å². The highest BCUT2D eigenvalue weighted by molar-refractivity contribution is 9.08. The quantitative estimate of drug-likeness (QED) is 0.469. The summed E-state index contributed by atoms with van der Waals surface area (Å²) in [6.07, 6.45) is 1.54. The van der Waals surface area contributed by atoms with Gasteiger partial charge in [-0.15, -0.1) is 11.3 Å². The standard InChI is InChI=1S/C14H12BrNO2S/c1-2-7-18-14(17)12-13(19-9-16-12)11-5-3-10(8-15)4-6-11/h2-6,9H,1,7-8H2. The highest BCUT2D eigenvalue weighted by Crippen LogP contribution is 2.28. The molecule has 3 nitrogen and oxygen atoms in total. The van der Waals surface area contributed by atoms with E-state index in [1.807, 2.05) is 24.3 Å². The summed E-state index contributed by atoms with van der Waals surface area (Å²) in [7, 11) is 0. The van der Waals surface area contributed by atoms with Gasteiger partial charge in [-0.25, -0.2) is 9.78 Å². The van der Waals surface area contributed by atoms with Crippen LogP contribution in [-0.2, 0) is 10.1 Å². The number of carbonyl (C=O) groups excluding carboxylic acids is 1. The van der Waals surface area contributed by atoms with Crippen molar-refractivity contribution < 1.29 is 9.53 Å². The van der Waals surface area contributed by atoms with Gasteiger partial charge < -0.3 is 4.74 Å². The molecule has 98 valence electrons. The van der Waals surface area contributed by atoms with Crippen LogP contribution < -0.4 is 0 Å². The summed E-state index contributed by atoms with van der Waals surface area (Å²) in [6.45, 7) is 3.71. The Labute approximate surface area is 124 Å². The summed E-state index contributed by atoms with van der Waals surface area (Å²) in [4.78, 5) is 16.8. The molecular formula is C14H12BrNO2S. The van der Waals surface area contributed by atoms with Crippen LogP contribution in [0.5, 0.6) is 0 Å². The Hall–Kier alpha value is -1.46. The fourth-order valence-electron chi connectivity index (χ4n) is 1.54. The lowest BCUT2D eigenvalue weighted by Gasteiger charge is -2.03. The maximum atomic E-state index is 11.8. The molecule has 19 heavy (non-hydrogen) atoms. The number of hydrogen-bond acceptors (Lipinski definition) is 4. The van der Waals surface area contributed by atoms with Gasteiger partial charge in [0.25, 0.3) is 0 Å². The second-order valence-corrected chi connectivity index (χ2v) is 5.16. The Morgan fingerprint density at radius 2 is 2.16 bits per heavy atom. The number of hydrogen-bond donors (Lipinski definition) is 0. The molecule has 0 aliphatic rings. The van der Waals surface area contributed by atoms with E-state index in [0.717, 1.165) is 15.8 Å². The van der Waals surface area contributed by atoms with Crippen molar-refractivity contribution in [3.63, 3.8) is 0 Å². The number of alkyl halides is 1. The minimum atomic E-state index is -0.416. The van der Waals surface area contributed by atoms with Crippen molar-refractivity contribution in [3.8, 4) is 10.4 Å². The molecule has 1 aromatic heterocycles. The van der Waals surface area contributed by atoms with Crippen LogP contribution in [0.15, 0.2) is 42.4 Å². The number of halogens is 1. The van der Waals surface area contributed by atoms with Gasteiger partial charge in [0.05, 0.1) is 10.4 Å². The minimum absolute atomic E-state index is 0.193. The molecule has 0 aliphatic carbocycles. The van der Waals surface area contributed by atoms with E-state index in [1.54, 1.807) is 5.51 Å². The Morgan fingerprint density at radius 3 is 2.79 bits per heavy atom. The third kappa shape index (κ3) is 3.30. The summed E-state index contributed by atoms with van der Waals surface area (Å²) in [5.74, 6) is -0.416. The molecule has 2 rings (SSSR count). The summed E-state index contributed by atoms with van der Waals surface area (Å²) in [6, 6.07) is 7.99. The van der Waals surface area contributed by atoms with E-state index >= 15 is 0 Å². The average molecular weight is 338 g/mol. The van der Waals surface area contributed by atoms with E-state index in [-0.39, 0.29) is 6.61 Å². The lowest BCUT2D eigenvalue weighted by molar-refractivity contribution is 0.0545. The second-order valence-electron chi connectivity index (χ2n) is 3.75. The van der Waals surface area contributed by atoms with E-state index in [9.17, 15) is 4.79 Å². The third-order valence-electron chi connectivity index (χ3n) is 2.46. The van der Waals surface area contributed by atoms with Gasteiger partial charge in [-0.05, 0) is 11.1 Å². The summed E-state index contributed by atoms with van der Waals surface area (Å²) in [5.41, 5.74) is 4.17. The van der Waals surface area contributed by atoms with Gasteiger partial charge in [0.15, 0.2) is 5.69 Å². The van der Waals surface area contributed by atoms with Crippen LogP contribution in [0, 0.1) is 0 Å². The first-order valence-electron chi connectivity index (χ1n) is 5.63. The Balaban J connectivity index is 2.27. The number of rotatable bonds is 5. The van der Waals surface area contributed by atoms with E-state index in [4.69, 9.17) is 4.74 Å². The number of esters is 1. The maximum Gasteiger partial charge on any atom is 0.358 e. The highest BCUT2D eigenvalue weighted by Gasteiger charge is 2.17. The number of thiazole rings is 1. The largest absolute Gasteiger partial charge is 0.457 e. The van der Waals surface area contributed by atoms with Crippen molar-refractivity contribution in [1.82, 2.24) is 4.98 Å². The topological polar surface area (TPSA) is 39.2 Å². The lowest BCUT2D eigenvalue weighted by atomic mass is 10.1. The first kappa shape index (κ1) is 14.0. The normalized spacial score (nSPS) is 10.2. The monoisotopic (exact) mass is 337 g/mol. The molecule has 0 aliphatic heterocycles. The molecule has 0 radical (unpaired) electrons. The second kappa shape index (κ2) is 6.63. The zero-order valence-corrected chi connectivity index (χ0v) is 12.5. The number of nitrogens with zero attached hydrogens (tertiary/aromatic N) is 1. The summed E-state index contributed by atoms with van der Waals surface area (Å²) < 4.78 is 5.02. The molecule has 0 fully saturated rings. The third-order valence-corrected chi connectivity index (χ3v) is 3.99. The number of carbonyl (C=O) groups is 1. The zero-order valence-electron chi connectivity index (χ0n) is 10.1. The zero-order chi connectivity index (χ0) is 13.7. The molecule has 0 saturated carbocycles. The van der Waals surface area contributed by atoms with Gasteiger partial charge in [-0.2, -0.15) is 0 Å². The van der Waals surface area contributed by atoms with Crippen molar-refractivity contribution in [2.75, 3.05) is 6.61 Å². The SMILES string of the molecule is C=CCOC(=O)c1ncsc1-c1ccc(CBr)cc1. The number of aromatic nitrogens is 1. The Kier molecular flexibility index (Phi) is 4.87. The van der Waals surface area contributed by atoms with Crippen LogP contribution in [-0.4, -0.2) is 17.6 Å². The van der Waals surface area contributed by atoms with Gasteiger partial charge in [0.2, 0.25) is 0 Å². The van der Waals surface area contributed by atoms with Crippen LogP contribution >= 0.6 is 27.3 Å². The van der Waals surface area contributed by atoms with Crippen molar-refractivity contribution in [2.45, 2.75) is 5.33 Å². The predicted octanol–water partition coefficient (Wildman–Crippen LogP) is 4.05. The van der Waals surface area contributed by atoms with Crippen molar-refractivity contribution in [2.24, 2.45) is 0 Å². The smallest absolute Gasteiger partial charge is 0.358 e. The van der Waals surface area contributed by atoms with Crippen LogP contribution in [0.4, 0.5) is 0 Å². The average Bonchev–Trinajstić information content (AvgIpc) is 2.94. The fraction of sp³-hybridized carbons (Fsp3) is 0.143. The molecule has 5 heteroatoms. The first-order chi connectivity index (χ1) is 9.26. The van der Waals surface area contributed by atoms with Crippen LogP contribution in [0.25, 0.3) is 10.4 Å². The molecule has 0 spiro atoms. The van der Waals surface area contributed by atoms with E-state index in [0.29, 0.717) is 5.69 Å². The molecule has 1 aromatic carbocycles. The van der Waals surface area contributed by atoms with E-state index in [2.05, 4.69) is 27.5 Å². The molecule has 0 N–H and O–H groups in total. The Morgan fingerprint density at radius 1 is 1.42 bits per heavy atom. The number of ether oxygens (including phenoxy) is 1. The van der Waals surface area contributed by atoms with Crippen molar-refractivity contribution in [3.05, 3.63) is 53.7 Å². The van der Waals surface area contributed by atoms with Gasteiger partial charge in [0.1, 0.15) is 6.61 Å². The molecule has 0 bridgehead atoms. The summed E-state index contributed by atoms with van der Waals surface area (Å²) >= 11 is 4.83. The molecule has 0 atom stereocenters. The molecule has 0 amide bonds. The van der Waals surface area contributed by atoms with Crippen LogP contribution in [0.1, 0.15) is 16.1 Å². The Bertz CT molecular complexity index is 577. The molecule has 2 aromatic rings. The van der Waals surface area contributed by atoms with Crippen LogP contribution in [0.3, 0.4) is 0 Å². The van der Waals surface area contributed by atoms with Gasteiger partial charge in [-0.1, -0.05) is 52.9 Å². The molecule has 0 saturated heterocycles. The van der Waals surface area contributed by atoms with Gasteiger partial charge in [-0.3, -0.25) is 0 Å². The minimum Gasteiger partial charge on any atom is -0.457 e. The molecule has 0 unspecified atom stereocenters. The lowest BCUT2D eigenvalue weighted by Crippen LogP contribution is -2.06. The predicted molar refractivity (Wildman–Crippen MR) is 80.7 cm³/mol. The van der Waals surface area contributed by atoms with E-state index < -0.39 is 5.97 Å². The fourth-order valence-corrected chi connectivity index (χ4v) is 2.70. The molecule has 1 heterocycles. The maximum absolute atomic E-state index is 11.8. The van der Waals surface area contributed by atoms with Gasteiger partial charge >= 0.3 is 5.97 Å². The molecular weight excluding hydrogens is 326 g/mol. The highest BCUT2D eigenvalue weighted by atomic mass is 79.9. The summed E-state index contributed by atoms with van der Waals surface area (Å²) in [5, 5.41) is 0.810. The first-order valence-corrected chi connectivity index (χ1v) is 7.63. The van der Waals surface area contributed by atoms with Crippen LogP contribution in [0.2, 0.25) is 0 Å².